The summed E-state index contributed by atoms with van der Waals surface area (Å²) in [5, 5.41) is 7.43. The van der Waals surface area contributed by atoms with Crippen LogP contribution < -0.4 is 0 Å². The van der Waals surface area contributed by atoms with Gasteiger partial charge in [0.2, 0.25) is 0 Å². The summed E-state index contributed by atoms with van der Waals surface area (Å²) in [6.07, 6.45) is 3.25. The van der Waals surface area contributed by atoms with Crippen molar-refractivity contribution in [1.82, 2.24) is 0 Å². The molecule has 1 N–H and O–H groups in total. The molecular weight excluding hydrogens is 278 g/mol. The van der Waals surface area contributed by atoms with Crippen LogP contribution in [0.1, 0.15) is 40.0 Å². The van der Waals surface area contributed by atoms with Crippen molar-refractivity contribution >= 4 is 16.2 Å². The van der Waals surface area contributed by atoms with Crippen LogP contribution in [0.15, 0.2) is 0 Å². The Morgan fingerprint density at radius 2 is 1.95 bits per heavy atom. The van der Waals surface area contributed by atoms with E-state index < -0.39 is 15.5 Å². The predicted octanol–water partition coefficient (Wildman–Crippen LogP) is 1.40. The fraction of sp³-hybridized carbons (Fsp3) is 0.900. The van der Waals surface area contributed by atoms with Crippen molar-refractivity contribution in [2.75, 3.05) is 0 Å². The van der Waals surface area contributed by atoms with Crippen LogP contribution in [-0.2, 0) is 19.5 Å². The van der Waals surface area contributed by atoms with Gasteiger partial charge in [0.05, 0.1) is 0 Å². The van der Waals surface area contributed by atoms with Crippen molar-refractivity contribution in [2.45, 2.75) is 40.0 Å². The lowest BCUT2D eigenvalue weighted by atomic mass is 9.70. The van der Waals surface area contributed by atoms with Gasteiger partial charge in [0.1, 0.15) is 5.78 Å². The van der Waals surface area contributed by atoms with Crippen LogP contribution >= 0.6 is 0 Å². The lowest BCUT2D eigenvalue weighted by molar-refractivity contribution is -0.713. The average Bonchev–Trinajstić information content (AvgIpc) is 2.47. The van der Waals surface area contributed by atoms with E-state index >= 15 is 0 Å². The van der Waals surface area contributed by atoms with Crippen LogP contribution in [0.3, 0.4) is 0 Å². The first kappa shape index (κ1) is 15.8. The summed E-state index contributed by atoms with van der Waals surface area (Å²) in [4.78, 5) is 20.6. The fourth-order valence-electron chi connectivity index (χ4n) is 2.98. The first-order valence-electron chi connectivity index (χ1n) is 5.75. The van der Waals surface area contributed by atoms with E-state index in [0.29, 0.717) is 11.7 Å². The summed E-state index contributed by atoms with van der Waals surface area (Å²) in [7, 11) is -4.92. The monoisotopic (exact) mass is 295 g/mol. The lowest BCUT2D eigenvalue weighted by Gasteiger charge is -2.32. The number of hydrogen-bond acceptors (Lipinski definition) is 6. The van der Waals surface area contributed by atoms with Crippen LogP contribution in [-0.4, -0.2) is 23.8 Å². The maximum absolute atomic E-state index is 11.6. The van der Waals surface area contributed by atoms with Gasteiger partial charge >= 0.3 is 15.5 Å². The molecule has 0 aromatic carbocycles. The van der Waals surface area contributed by atoms with Crippen molar-refractivity contribution in [3.8, 4) is 0 Å². The lowest BCUT2D eigenvalue weighted by Crippen LogP contribution is -2.32. The molecule has 0 spiro atoms. The summed E-state index contributed by atoms with van der Waals surface area (Å²) in [5.74, 6) is 1.19. The highest BCUT2D eigenvalue weighted by molar-refractivity contribution is 7.80. The normalized spacial score (nSPS) is 31.6. The predicted molar refractivity (Wildman–Crippen MR) is 63.9 cm³/mol. The second-order valence-electron chi connectivity index (χ2n) is 5.64. The molecule has 9 heteroatoms. The minimum atomic E-state index is -4.92. The second-order valence-corrected chi connectivity index (χ2v) is 6.65. The Labute approximate surface area is 111 Å². The average molecular weight is 295 g/mol. The number of hydrogen-bond donors (Lipinski definition) is 1. The van der Waals surface area contributed by atoms with E-state index in [1.54, 1.807) is 0 Å². The van der Waals surface area contributed by atoms with Gasteiger partial charge in [-0.3, -0.25) is 9.35 Å². The third-order valence-corrected chi connectivity index (χ3v) is 4.95. The van der Waals surface area contributed by atoms with E-state index in [-0.39, 0.29) is 10.8 Å². The molecule has 0 amide bonds. The number of fused-ring (bicyclic) bond motifs is 2. The highest BCUT2D eigenvalue weighted by atomic mass is 32.3. The Morgan fingerprint density at radius 3 is 2.05 bits per heavy atom. The number of carbonyl (C=O) groups is 1. The summed E-state index contributed by atoms with van der Waals surface area (Å²) in [5.41, 5.74) is 0.307. The topological polar surface area (TPSA) is 124 Å². The molecule has 0 saturated heterocycles. The van der Waals surface area contributed by atoms with Crippen molar-refractivity contribution in [3.05, 3.63) is 10.1 Å². The van der Waals surface area contributed by atoms with Gasteiger partial charge in [-0.1, -0.05) is 20.8 Å². The van der Waals surface area contributed by atoms with Gasteiger partial charge in [0.15, 0.2) is 0 Å². The van der Waals surface area contributed by atoms with Gasteiger partial charge in [-0.05, 0) is 24.2 Å². The van der Waals surface area contributed by atoms with E-state index in [9.17, 15) is 13.2 Å². The van der Waals surface area contributed by atoms with Gasteiger partial charge in [-0.25, -0.2) is 0 Å². The van der Waals surface area contributed by atoms with Crippen LogP contribution in [0, 0.1) is 26.9 Å². The fourth-order valence-corrected chi connectivity index (χ4v) is 3.13. The zero-order valence-electron chi connectivity index (χ0n) is 11.0. The number of nitrogens with zero attached hydrogens (tertiary/aromatic N) is 1. The van der Waals surface area contributed by atoms with Gasteiger partial charge < -0.3 is 0 Å². The molecule has 0 aromatic heterocycles. The highest BCUT2D eigenvalue weighted by Gasteiger charge is 2.61. The van der Waals surface area contributed by atoms with E-state index in [1.807, 2.05) is 0 Å². The number of Topliss-reactive ketones (excluding diaryl/α,β-unsaturated/α-hetero) is 1. The van der Waals surface area contributed by atoms with Crippen LogP contribution in [0.25, 0.3) is 0 Å². The molecular formula is C10H17NO7S. The molecule has 0 aliphatic heterocycles. The molecule has 0 aromatic rings. The first-order chi connectivity index (χ1) is 8.40. The molecule has 2 saturated carbocycles. The molecule has 19 heavy (non-hydrogen) atoms. The quantitative estimate of drug-likeness (QED) is 0.463. The second kappa shape index (κ2) is 4.71. The summed E-state index contributed by atoms with van der Waals surface area (Å²) in [6, 6.07) is 0. The minimum Gasteiger partial charge on any atom is -0.299 e. The summed E-state index contributed by atoms with van der Waals surface area (Å²) in [6.45, 7) is 6.67. The van der Waals surface area contributed by atoms with Crippen LogP contribution in [0.5, 0.6) is 0 Å². The van der Waals surface area contributed by atoms with Crippen molar-refractivity contribution in [1.29, 1.82) is 0 Å². The standard InChI is InChI=1S/C10H16O.HNO6S/c1-9(2)7-4-5-10(9,3)8(11)6-7;2-1(3)7-8(4,5)6/h7H,4-6H2,1-3H3;(H,4,5,6). The molecule has 2 atom stereocenters. The van der Waals surface area contributed by atoms with Crippen molar-refractivity contribution in [2.24, 2.45) is 16.7 Å². The third-order valence-electron chi connectivity index (χ3n) is 4.64. The van der Waals surface area contributed by atoms with E-state index in [4.69, 9.17) is 14.7 Å². The maximum Gasteiger partial charge on any atom is 0.429 e. The molecule has 2 aliphatic rings. The molecule has 2 fully saturated rings. The Kier molecular flexibility index (Phi) is 3.93. The zero-order valence-corrected chi connectivity index (χ0v) is 11.8. The van der Waals surface area contributed by atoms with Crippen molar-refractivity contribution in [3.63, 3.8) is 0 Å². The first-order valence-corrected chi connectivity index (χ1v) is 7.11. The van der Waals surface area contributed by atoms with E-state index in [0.717, 1.165) is 12.8 Å². The maximum atomic E-state index is 11.6. The molecule has 0 radical (unpaired) electrons. The molecule has 110 valence electrons. The van der Waals surface area contributed by atoms with Gasteiger partial charge in [-0.15, -0.1) is 10.1 Å². The van der Waals surface area contributed by atoms with Gasteiger partial charge in [-0.2, -0.15) is 12.7 Å². The molecule has 0 heterocycles. The van der Waals surface area contributed by atoms with E-state index in [1.165, 1.54) is 6.42 Å². The Bertz CT molecular complexity index is 498. The molecule has 2 bridgehead atoms. The van der Waals surface area contributed by atoms with Gasteiger partial charge in [0, 0.05) is 11.8 Å². The van der Waals surface area contributed by atoms with Crippen LogP contribution in [0.4, 0.5) is 0 Å². The molecule has 2 unspecified atom stereocenters. The van der Waals surface area contributed by atoms with Crippen LogP contribution in [0.2, 0.25) is 0 Å². The molecule has 2 rings (SSSR count). The highest BCUT2D eigenvalue weighted by Crippen LogP contribution is 2.63. The minimum absolute atomic E-state index is 0.0255. The number of rotatable bonds is 2. The van der Waals surface area contributed by atoms with Gasteiger partial charge in [0.25, 0.3) is 0 Å². The van der Waals surface area contributed by atoms with Crippen molar-refractivity contribution < 1.29 is 27.1 Å². The Morgan fingerprint density at radius 1 is 1.42 bits per heavy atom. The largest absolute Gasteiger partial charge is 0.429 e. The smallest absolute Gasteiger partial charge is 0.299 e. The Balaban J connectivity index is 0.000000203. The third kappa shape index (κ3) is 3.03. The number of ketones is 1. The zero-order chi connectivity index (χ0) is 15.1. The molecule has 2 aliphatic carbocycles. The Hall–Kier alpha value is -1.22. The summed E-state index contributed by atoms with van der Waals surface area (Å²) < 4.78 is 28.9. The summed E-state index contributed by atoms with van der Waals surface area (Å²) >= 11 is 0. The van der Waals surface area contributed by atoms with E-state index in [2.05, 4.69) is 25.1 Å². The number of carbonyl (C=O) groups excluding carboxylic acids is 1. The molecule has 8 nitrogen and oxygen atoms in total. The SMILES string of the molecule is CC12CCC(CC1=O)C2(C)C.O=[N+]([O-])OS(=O)(=O)O.